The third kappa shape index (κ3) is 2.33. The van der Waals surface area contributed by atoms with Crippen molar-refractivity contribution in [3.8, 4) is 0 Å². The summed E-state index contributed by atoms with van der Waals surface area (Å²) < 4.78 is 4.97. The normalized spacial score (nSPS) is 19.9. The first-order valence-corrected chi connectivity index (χ1v) is 5.40. The SMILES string of the molecule is COCCN1CC(c2ccccc2)NC1=O. The predicted octanol–water partition coefficient (Wildman–Crippen LogP) is 1.40. The van der Waals surface area contributed by atoms with Gasteiger partial charge in [-0.05, 0) is 5.56 Å². The summed E-state index contributed by atoms with van der Waals surface area (Å²) in [5, 5.41) is 2.96. The number of carbonyl (C=O) groups excluding carboxylic acids is 1. The van der Waals surface area contributed by atoms with Crippen LogP contribution in [-0.2, 0) is 4.74 Å². The number of nitrogens with zero attached hydrogens (tertiary/aromatic N) is 1. The first-order valence-electron chi connectivity index (χ1n) is 5.40. The van der Waals surface area contributed by atoms with Crippen LogP contribution in [0.25, 0.3) is 0 Å². The highest BCUT2D eigenvalue weighted by atomic mass is 16.5. The van der Waals surface area contributed by atoms with Crippen molar-refractivity contribution in [1.82, 2.24) is 10.2 Å². The number of hydrogen-bond donors (Lipinski definition) is 1. The Morgan fingerprint density at radius 3 is 2.88 bits per heavy atom. The van der Waals surface area contributed by atoms with Crippen LogP contribution in [0.3, 0.4) is 0 Å². The molecule has 4 nitrogen and oxygen atoms in total. The van der Waals surface area contributed by atoms with Crippen molar-refractivity contribution < 1.29 is 9.53 Å². The van der Waals surface area contributed by atoms with Crippen molar-refractivity contribution in [3.05, 3.63) is 35.9 Å². The second-order valence-electron chi connectivity index (χ2n) is 3.85. The van der Waals surface area contributed by atoms with Gasteiger partial charge in [0.15, 0.2) is 0 Å². The molecule has 1 saturated heterocycles. The maximum atomic E-state index is 11.6. The molecule has 1 aliphatic rings. The van der Waals surface area contributed by atoms with Gasteiger partial charge in [0.05, 0.1) is 12.6 Å². The van der Waals surface area contributed by atoms with Gasteiger partial charge in [0.25, 0.3) is 0 Å². The predicted molar refractivity (Wildman–Crippen MR) is 61.2 cm³/mol. The van der Waals surface area contributed by atoms with Gasteiger partial charge in [-0.1, -0.05) is 30.3 Å². The minimum atomic E-state index is -0.00842. The molecule has 1 aromatic rings. The van der Waals surface area contributed by atoms with E-state index in [2.05, 4.69) is 5.32 Å². The Kier molecular flexibility index (Phi) is 3.41. The van der Waals surface area contributed by atoms with E-state index in [1.807, 2.05) is 30.3 Å². The van der Waals surface area contributed by atoms with Crippen LogP contribution in [0, 0.1) is 0 Å². The summed E-state index contributed by atoms with van der Waals surface area (Å²) in [6.45, 7) is 1.94. The Bertz CT molecular complexity index is 353. The van der Waals surface area contributed by atoms with E-state index in [9.17, 15) is 4.79 Å². The molecule has 0 aromatic heterocycles. The molecule has 0 spiro atoms. The maximum Gasteiger partial charge on any atom is 0.318 e. The van der Waals surface area contributed by atoms with Crippen molar-refractivity contribution in [2.75, 3.05) is 26.8 Å². The molecule has 2 rings (SSSR count). The molecule has 2 amide bonds. The first-order chi connectivity index (χ1) is 7.81. The van der Waals surface area contributed by atoms with Gasteiger partial charge in [-0.2, -0.15) is 0 Å². The number of ether oxygens (including phenoxy) is 1. The third-order valence-electron chi connectivity index (χ3n) is 2.76. The van der Waals surface area contributed by atoms with E-state index in [-0.39, 0.29) is 12.1 Å². The highest BCUT2D eigenvalue weighted by Crippen LogP contribution is 2.19. The summed E-state index contributed by atoms with van der Waals surface area (Å²) in [6.07, 6.45) is 0. The second kappa shape index (κ2) is 4.99. The number of amides is 2. The van der Waals surface area contributed by atoms with Crippen LogP contribution in [0.5, 0.6) is 0 Å². The third-order valence-corrected chi connectivity index (χ3v) is 2.76. The lowest BCUT2D eigenvalue weighted by Crippen LogP contribution is -2.30. The van der Waals surface area contributed by atoms with Crippen molar-refractivity contribution in [3.63, 3.8) is 0 Å². The molecule has 1 atom stereocenters. The number of methoxy groups -OCH3 is 1. The summed E-state index contributed by atoms with van der Waals surface area (Å²) in [5.41, 5.74) is 1.15. The molecule has 0 radical (unpaired) electrons. The zero-order valence-corrected chi connectivity index (χ0v) is 9.35. The van der Waals surface area contributed by atoms with Gasteiger partial charge >= 0.3 is 6.03 Å². The van der Waals surface area contributed by atoms with Crippen LogP contribution in [0.1, 0.15) is 11.6 Å². The maximum absolute atomic E-state index is 11.6. The summed E-state index contributed by atoms with van der Waals surface area (Å²) >= 11 is 0. The zero-order chi connectivity index (χ0) is 11.4. The number of carbonyl (C=O) groups is 1. The topological polar surface area (TPSA) is 41.6 Å². The fourth-order valence-electron chi connectivity index (χ4n) is 1.86. The van der Waals surface area contributed by atoms with Crippen molar-refractivity contribution in [1.29, 1.82) is 0 Å². The fourth-order valence-corrected chi connectivity index (χ4v) is 1.86. The molecule has 0 bridgehead atoms. The highest BCUT2D eigenvalue weighted by molar-refractivity contribution is 5.77. The average molecular weight is 220 g/mol. The molecule has 16 heavy (non-hydrogen) atoms. The largest absolute Gasteiger partial charge is 0.383 e. The Morgan fingerprint density at radius 1 is 1.44 bits per heavy atom. The van der Waals surface area contributed by atoms with Crippen molar-refractivity contribution in [2.45, 2.75) is 6.04 Å². The lowest BCUT2D eigenvalue weighted by atomic mass is 10.1. The van der Waals surface area contributed by atoms with E-state index < -0.39 is 0 Å². The molecular formula is C12H16N2O2. The van der Waals surface area contributed by atoms with Crippen molar-refractivity contribution in [2.24, 2.45) is 0 Å². The lowest BCUT2D eigenvalue weighted by molar-refractivity contribution is 0.161. The molecule has 0 aliphatic carbocycles. The van der Waals surface area contributed by atoms with E-state index in [0.29, 0.717) is 19.7 Å². The van der Waals surface area contributed by atoms with Gasteiger partial charge in [0.2, 0.25) is 0 Å². The van der Waals surface area contributed by atoms with Gasteiger partial charge in [-0.25, -0.2) is 4.79 Å². The molecule has 1 aromatic carbocycles. The summed E-state index contributed by atoms with van der Waals surface area (Å²) in [7, 11) is 1.64. The van der Waals surface area contributed by atoms with E-state index in [4.69, 9.17) is 4.74 Å². The number of hydrogen-bond acceptors (Lipinski definition) is 2. The molecule has 0 saturated carbocycles. The lowest BCUT2D eigenvalue weighted by Gasteiger charge is -2.13. The minimum absolute atomic E-state index is 0.00842. The summed E-state index contributed by atoms with van der Waals surface area (Å²) in [6, 6.07) is 10.1. The molecule has 1 fully saturated rings. The Hall–Kier alpha value is -1.55. The molecule has 1 N–H and O–H groups in total. The van der Waals surface area contributed by atoms with Gasteiger partial charge < -0.3 is 15.0 Å². The zero-order valence-electron chi connectivity index (χ0n) is 9.35. The van der Waals surface area contributed by atoms with Crippen LogP contribution >= 0.6 is 0 Å². The Morgan fingerprint density at radius 2 is 2.19 bits per heavy atom. The Labute approximate surface area is 95.2 Å². The van der Waals surface area contributed by atoms with Gasteiger partial charge in [-0.3, -0.25) is 0 Å². The van der Waals surface area contributed by atoms with Gasteiger partial charge in [0, 0.05) is 20.2 Å². The number of benzene rings is 1. The van der Waals surface area contributed by atoms with Crippen LogP contribution < -0.4 is 5.32 Å². The van der Waals surface area contributed by atoms with Crippen molar-refractivity contribution >= 4 is 6.03 Å². The number of rotatable bonds is 4. The number of nitrogens with one attached hydrogen (secondary N) is 1. The quantitative estimate of drug-likeness (QED) is 0.833. The molecule has 1 heterocycles. The fraction of sp³-hybridized carbons (Fsp3) is 0.417. The monoisotopic (exact) mass is 220 g/mol. The van der Waals surface area contributed by atoms with E-state index in [1.165, 1.54) is 0 Å². The standard InChI is InChI=1S/C12H16N2O2/c1-16-8-7-14-9-11(13-12(14)15)10-5-3-2-4-6-10/h2-6,11H,7-9H2,1H3,(H,13,15). The summed E-state index contributed by atoms with van der Waals surface area (Å²) in [5.74, 6) is 0. The summed E-state index contributed by atoms with van der Waals surface area (Å²) in [4.78, 5) is 13.4. The average Bonchev–Trinajstić information content (AvgIpc) is 2.69. The smallest absolute Gasteiger partial charge is 0.318 e. The van der Waals surface area contributed by atoms with Crippen LogP contribution in [-0.4, -0.2) is 37.7 Å². The van der Waals surface area contributed by atoms with Gasteiger partial charge in [0.1, 0.15) is 0 Å². The van der Waals surface area contributed by atoms with Gasteiger partial charge in [-0.15, -0.1) is 0 Å². The highest BCUT2D eigenvalue weighted by Gasteiger charge is 2.28. The second-order valence-corrected chi connectivity index (χ2v) is 3.85. The van der Waals surface area contributed by atoms with Crippen LogP contribution in [0.15, 0.2) is 30.3 Å². The molecular weight excluding hydrogens is 204 g/mol. The van der Waals surface area contributed by atoms with Crippen LogP contribution in [0.4, 0.5) is 4.79 Å². The molecule has 1 aliphatic heterocycles. The first kappa shape index (κ1) is 11.0. The minimum Gasteiger partial charge on any atom is -0.383 e. The Balaban J connectivity index is 1.98. The van der Waals surface area contributed by atoms with E-state index >= 15 is 0 Å². The van der Waals surface area contributed by atoms with E-state index in [1.54, 1.807) is 12.0 Å². The number of urea groups is 1. The van der Waals surface area contributed by atoms with Crippen LogP contribution in [0.2, 0.25) is 0 Å². The molecule has 4 heteroatoms. The molecule has 1 unspecified atom stereocenters. The van der Waals surface area contributed by atoms with E-state index in [0.717, 1.165) is 5.56 Å². The molecule has 86 valence electrons.